The van der Waals surface area contributed by atoms with Crippen LogP contribution >= 0.6 is 15.9 Å². The Hall–Kier alpha value is -2.93. The SMILES string of the molecule is FC(F)Oc1ccccc1[C@@H]1Oc2ccccc2[C@H]2CC(c3ccc(Br)cc3)=NN21. The first-order valence-electron chi connectivity index (χ1n) is 9.51. The molecule has 0 unspecified atom stereocenters. The van der Waals surface area contributed by atoms with Crippen LogP contribution in [0.5, 0.6) is 11.5 Å². The van der Waals surface area contributed by atoms with E-state index in [9.17, 15) is 8.78 Å². The summed E-state index contributed by atoms with van der Waals surface area (Å²) < 4.78 is 38.0. The highest BCUT2D eigenvalue weighted by atomic mass is 79.9. The molecule has 3 aromatic rings. The van der Waals surface area contributed by atoms with Crippen LogP contribution in [0.4, 0.5) is 8.78 Å². The molecule has 0 bridgehead atoms. The number of alkyl halides is 2. The Bertz CT molecular complexity index is 1100. The fourth-order valence-electron chi connectivity index (χ4n) is 3.94. The van der Waals surface area contributed by atoms with E-state index in [1.165, 1.54) is 6.07 Å². The molecule has 0 aromatic heterocycles. The predicted molar refractivity (Wildman–Crippen MR) is 113 cm³/mol. The molecule has 0 N–H and O–H groups in total. The minimum Gasteiger partial charge on any atom is -0.464 e. The number of nitrogens with zero attached hydrogens (tertiary/aromatic N) is 2. The van der Waals surface area contributed by atoms with Crippen molar-refractivity contribution in [1.82, 2.24) is 5.01 Å². The minimum absolute atomic E-state index is 0.0572. The summed E-state index contributed by atoms with van der Waals surface area (Å²) in [6.07, 6.45) is 0.0175. The van der Waals surface area contributed by atoms with E-state index < -0.39 is 12.8 Å². The van der Waals surface area contributed by atoms with Gasteiger partial charge in [0.15, 0.2) is 0 Å². The van der Waals surface area contributed by atoms with E-state index >= 15 is 0 Å². The molecule has 152 valence electrons. The normalized spacial score (nSPS) is 19.7. The standard InChI is InChI=1S/C23H17BrF2N2O2/c24-15-11-9-14(10-12-15)18-13-19-16-5-1-3-7-20(16)29-22(28(19)27-18)17-6-2-4-8-21(17)30-23(25)26/h1-12,19,22-23H,13H2/t19-,22+/m1/s1. The van der Waals surface area contributed by atoms with Gasteiger partial charge in [-0.1, -0.05) is 58.4 Å². The van der Waals surface area contributed by atoms with E-state index in [1.54, 1.807) is 18.2 Å². The first kappa shape index (κ1) is 19.1. The van der Waals surface area contributed by atoms with Crippen LogP contribution in [-0.2, 0) is 0 Å². The molecule has 30 heavy (non-hydrogen) atoms. The highest BCUT2D eigenvalue weighted by Gasteiger charge is 2.41. The van der Waals surface area contributed by atoms with Gasteiger partial charge in [-0.25, -0.2) is 5.01 Å². The van der Waals surface area contributed by atoms with Gasteiger partial charge in [0.1, 0.15) is 11.5 Å². The van der Waals surface area contributed by atoms with Crippen molar-refractivity contribution in [3.63, 3.8) is 0 Å². The molecule has 2 aliphatic rings. The Morgan fingerprint density at radius 2 is 1.67 bits per heavy atom. The molecule has 0 saturated heterocycles. The van der Waals surface area contributed by atoms with Crippen LogP contribution in [0.3, 0.4) is 0 Å². The maximum atomic E-state index is 13.0. The number of fused-ring (bicyclic) bond motifs is 3. The summed E-state index contributed by atoms with van der Waals surface area (Å²) in [5, 5.41) is 6.71. The van der Waals surface area contributed by atoms with Crippen molar-refractivity contribution < 1.29 is 18.3 Å². The van der Waals surface area contributed by atoms with Gasteiger partial charge in [-0.15, -0.1) is 0 Å². The largest absolute Gasteiger partial charge is 0.464 e. The summed E-state index contributed by atoms with van der Waals surface area (Å²) in [6, 6.07) is 22.4. The summed E-state index contributed by atoms with van der Waals surface area (Å²) >= 11 is 3.46. The van der Waals surface area contributed by atoms with Gasteiger partial charge in [0.25, 0.3) is 0 Å². The summed E-state index contributed by atoms with van der Waals surface area (Å²) in [4.78, 5) is 0. The molecule has 2 aliphatic heterocycles. The van der Waals surface area contributed by atoms with Crippen molar-refractivity contribution in [2.45, 2.75) is 25.3 Å². The van der Waals surface area contributed by atoms with Gasteiger partial charge in [0.05, 0.1) is 17.3 Å². The van der Waals surface area contributed by atoms with Crippen LogP contribution in [0.2, 0.25) is 0 Å². The van der Waals surface area contributed by atoms with Crippen molar-refractivity contribution in [3.05, 3.63) is 94.0 Å². The van der Waals surface area contributed by atoms with E-state index in [2.05, 4.69) is 15.9 Å². The number of hydrazone groups is 1. The quantitative estimate of drug-likeness (QED) is 0.449. The summed E-state index contributed by atoms with van der Waals surface area (Å²) in [5.74, 6) is 0.811. The van der Waals surface area contributed by atoms with Gasteiger partial charge < -0.3 is 9.47 Å². The van der Waals surface area contributed by atoms with Crippen molar-refractivity contribution in [2.75, 3.05) is 0 Å². The third-order valence-corrected chi connectivity index (χ3v) is 5.81. The number of hydrogen-bond acceptors (Lipinski definition) is 4. The average molecular weight is 471 g/mol. The lowest BCUT2D eigenvalue weighted by molar-refractivity contribution is -0.0578. The van der Waals surface area contributed by atoms with E-state index in [4.69, 9.17) is 14.6 Å². The second kappa shape index (κ2) is 7.72. The molecule has 0 saturated carbocycles. The van der Waals surface area contributed by atoms with Gasteiger partial charge in [-0.2, -0.15) is 13.9 Å². The third-order valence-electron chi connectivity index (χ3n) is 5.28. The molecule has 0 spiro atoms. The smallest absolute Gasteiger partial charge is 0.387 e. The van der Waals surface area contributed by atoms with Gasteiger partial charge >= 0.3 is 6.61 Å². The number of hydrogen-bond donors (Lipinski definition) is 0. The molecule has 2 atom stereocenters. The fourth-order valence-corrected chi connectivity index (χ4v) is 4.21. The summed E-state index contributed by atoms with van der Waals surface area (Å²) in [7, 11) is 0. The zero-order valence-corrected chi connectivity index (χ0v) is 17.3. The maximum absolute atomic E-state index is 13.0. The predicted octanol–water partition coefficient (Wildman–Crippen LogP) is 6.29. The average Bonchev–Trinajstić information content (AvgIpc) is 3.19. The molecule has 2 heterocycles. The van der Waals surface area contributed by atoms with E-state index in [1.807, 2.05) is 53.5 Å². The number of para-hydroxylation sites is 2. The molecule has 0 amide bonds. The minimum atomic E-state index is -2.92. The number of halogens is 3. The van der Waals surface area contributed by atoms with Gasteiger partial charge in [0.2, 0.25) is 6.23 Å². The van der Waals surface area contributed by atoms with Crippen LogP contribution in [0.1, 0.15) is 35.4 Å². The van der Waals surface area contributed by atoms with Crippen molar-refractivity contribution in [1.29, 1.82) is 0 Å². The van der Waals surface area contributed by atoms with Gasteiger partial charge in [-0.3, -0.25) is 0 Å². The monoisotopic (exact) mass is 470 g/mol. The lowest BCUT2D eigenvalue weighted by atomic mass is 9.96. The van der Waals surface area contributed by atoms with Crippen molar-refractivity contribution in [3.8, 4) is 11.5 Å². The highest BCUT2D eigenvalue weighted by Crippen LogP contribution is 2.48. The second-order valence-electron chi connectivity index (χ2n) is 7.08. The molecule has 0 aliphatic carbocycles. The zero-order valence-electron chi connectivity index (χ0n) is 15.7. The first-order chi connectivity index (χ1) is 14.6. The van der Waals surface area contributed by atoms with Crippen LogP contribution in [0, 0.1) is 0 Å². The van der Waals surface area contributed by atoms with E-state index in [-0.39, 0.29) is 11.8 Å². The first-order valence-corrected chi connectivity index (χ1v) is 10.3. The summed E-state index contributed by atoms with van der Waals surface area (Å²) in [5.41, 5.74) is 3.47. The molecule has 7 heteroatoms. The van der Waals surface area contributed by atoms with Gasteiger partial charge in [-0.05, 0) is 35.9 Å². The molecule has 5 rings (SSSR count). The maximum Gasteiger partial charge on any atom is 0.387 e. The summed E-state index contributed by atoms with van der Waals surface area (Å²) in [6.45, 7) is -2.92. The Labute approximate surface area is 180 Å². The number of ether oxygens (including phenoxy) is 2. The molecule has 0 radical (unpaired) electrons. The number of rotatable bonds is 4. The van der Waals surface area contributed by atoms with Crippen LogP contribution in [-0.4, -0.2) is 17.3 Å². The fraction of sp³-hybridized carbons (Fsp3) is 0.174. The van der Waals surface area contributed by atoms with Crippen LogP contribution in [0.25, 0.3) is 0 Å². The Morgan fingerprint density at radius 1 is 0.967 bits per heavy atom. The van der Waals surface area contributed by atoms with Crippen molar-refractivity contribution in [2.24, 2.45) is 5.10 Å². The van der Waals surface area contributed by atoms with Crippen LogP contribution in [0.15, 0.2) is 82.4 Å². The van der Waals surface area contributed by atoms with Crippen LogP contribution < -0.4 is 9.47 Å². The second-order valence-corrected chi connectivity index (χ2v) is 7.99. The lowest BCUT2D eigenvalue weighted by Gasteiger charge is -2.38. The number of benzene rings is 3. The van der Waals surface area contributed by atoms with Gasteiger partial charge in [0, 0.05) is 16.5 Å². The zero-order chi connectivity index (χ0) is 20.7. The Balaban J connectivity index is 1.59. The highest BCUT2D eigenvalue weighted by molar-refractivity contribution is 9.10. The third kappa shape index (κ3) is 3.43. The van der Waals surface area contributed by atoms with E-state index in [0.717, 1.165) is 27.1 Å². The topological polar surface area (TPSA) is 34.1 Å². The molecular formula is C23H17BrF2N2O2. The Morgan fingerprint density at radius 3 is 2.43 bits per heavy atom. The van der Waals surface area contributed by atoms with Crippen molar-refractivity contribution >= 4 is 21.6 Å². The molecular weight excluding hydrogens is 454 g/mol. The molecule has 0 fully saturated rings. The molecule has 3 aromatic carbocycles. The van der Waals surface area contributed by atoms with E-state index in [0.29, 0.717) is 12.0 Å². The Kier molecular flexibility index (Phi) is 4.90. The molecule has 4 nitrogen and oxygen atoms in total. The lowest BCUT2D eigenvalue weighted by Crippen LogP contribution is -2.34.